The van der Waals surface area contributed by atoms with Crippen LogP contribution in [0.15, 0.2) is 128 Å². The normalized spacial score (nSPS) is 15.8. The van der Waals surface area contributed by atoms with Crippen molar-refractivity contribution in [3.63, 3.8) is 0 Å². The highest BCUT2D eigenvalue weighted by atomic mass is 15.2. The molecule has 4 aromatic carbocycles. The number of hydrogen-bond donors (Lipinski definition) is 0. The maximum Gasteiger partial charge on any atom is 0.218 e. The molecule has 5 heterocycles. The SMILES string of the molecule is CC1(C)c2ccccc2-c2ccc(N3c4cccc5c4CC(=C4C[n+]6ccccc6-c6cccc3c64)[n+]3ccccc3-5)cc21. The van der Waals surface area contributed by atoms with Gasteiger partial charge in [0.25, 0.3) is 0 Å². The molecule has 3 heteroatoms. The minimum Gasteiger partial charge on any atom is -0.310 e. The monoisotopic (exact) mass is 565 g/mol. The minimum atomic E-state index is -0.0691. The summed E-state index contributed by atoms with van der Waals surface area (Å²) in [4.78, 5) is 2.56. The number of nitrogens with zero attached hydrogens (tertiary/aromatic N) is 3. The first-order valence-corrected chi connectivity index (χ1v) is 15.6. The Kier molecular flexibility index (Phi) is 4.63. The van der Waals surface area contributed by atoms with Crippen LogP contribution < -0.4 is 14.0 Å². The fourth-order valence-corrected chi connectivity index (χ4v) is 8.45. The zero-order chi connectivity index (χ0) is 29.2. The number of allylic oxidation sites excluding steroid dienone is 2. The van der Waals surface area contributed by atoms with Crippen molar-refractivity contribution in [2.24, 2.45) is 0 Å². The van der Waals surface area contributed by atoms with Gasteiger partial charge in [0.1, 0.15) is 0 Å². The van der Waals surface area contributed by atoms with Crippen LogP contribution in [0, 0.1) is 0 Å². The molecule has 0 unspecified atom stereocenters. The Hall–Kier alpha value is -5.28. The lowest BCUT2D eigenvalue weighted by atomic mass is 9.81. The molecule has 0 saturated heterocycles. The van der Waals surface area contributed by atoms with E-state index in [1.54, 1.807) is 0 Å². The van der Waals surface area contributed by atoms with Crippen molar-refractivity contribution in [2.75, 3.05) is 4.90 Å². The van der Waals surface area contributed by atoms with Crippen LogP contribution in [-0.2, 0) is 18.4 Å². The van der Waals surface area contributed by atoms with Crippen LogP contribution in [0.1, 0.15) is 36.1 Å². The second-order valence-corrected chi connectivity index (χ2v) is 13.0. The van der Waals surface area contributed by atoms with Crippen LogP contribution >= 0.6 is 0 Å². The van der Waals surface area contributed by atoms with Crippen molar-refractivity contribution in [3.8, 4) is 33.6 Å². The molecule has 4 bridgehead atoms. The van der Waals surface area contributed by atoms with Gasteiger partial charge < -0.3 is 4.90 Å². The molecule has 0 N–H and O–H groups in total. The van der Waals surface area contributed by atoms with Crippen molar-refractivity contribution >= 4 is 28.3 Å². The number of hydrogen-bond acceptors (Lipinski definition) is 1. The minimum absolute atomic E-state index is 0.0691. The molecule has 3 aliphatic heterocycles. The Labute approximate surface area is 257 Å². The molecule has 208 valence electrons. The van der Waals surface area contributed by atoms with E-state index in [-0.39, 0.29) is 5.41 Å². The molecular formula is C41H31N3+2. The van der Waals surface area contributed by atoms with E-state index in [1.165, 1.54) is 84.2 Å². The summed E-state index contributed by atoms with van der Waals surface area (Å²) in [5.41, 5.74) is 19.8. The summed E-state index contributed by atoms with van der Waals surface area (Å²) < 4.78 is 4.86. The highest BCUT2D eigenvalue weighted by molar-refractivity contribution is 6.01. The summed E-state index contributed by atoms with van der Waals surface area (Å²) in [6.45, 7) is 5.59. The third-order valence-electron chi connectivity index (χ3n) is 10.5. The topological polar surface area (TPSA) is 11.0 Å². The van der Waals surface area contributed by atoms with Crippen molar-refractivity contribution in [1.29, 1.82) is 0 Å². The Bertz CT molecular complexity index is 2270. The van der Waals surface area contributed by atoms with Gasteiger partial charge >= 0.3 is 0 Å². The molecule has 0 atom stereocenters. The fraction of sp³-hybridized carbons (Fsp3) is 0.122. The van der Waals surface area contributed by atoms with E-state index in [1.807, 2.05) is 0 Å². The maximum atomic E-state index is 2.56. The Morgan fingerprint density at radius 3 is 2.25 bits per heavy atom. The quantitative estimate of drug-likeness (QED) is 0.182. The number of benzene rings is 4. The Morgan fingerprint density at radius 1 is 0.614 bits per heavy atom. The van der Waals surface area contributed by atoms with Crippen LogP contribution in [-0.4, -0.2) is 0 Å². The second kappa shape index (κ2) is 8.42. The van der Waals surface area contributed by atoms with Gasteiger partial charge in [-0.2, -0.15) is 9.13 Å². The van der Waals surface area contributed by atoms with Crippen LogP contribution in [0.2, 0.25) is 0 Å². The standard InChI is InChI=1S/C41H31N3/c1-41(2)33-14-4-3-11-27(33)28-20-19-26(23-34(28)41)44-37-17-9-12-29-31(37)24-39(43-22-8-6-16-36(29)43)32-25-42-21-7-5-15-35(42)30-13-10-18-38(44)40(30)32/h3-23H,24-25H2,1-2H3/q+2. The van der Waals surface area contributed by atoms with Gasteiger partial charge in [0.05, 0.1) is 34.5 Å². The van der Waals surface area contributed by atoms with Crippen molar-refractivity contribution in [2.45, 2.75) is 32.2 Å². The maximum absolute atomic E-state index is 2.56. The summed E-state index contributed by atoms with van der Waals surface area (Å²) in [5, 5.41) is 0. The van der Waals surface area contributed by atoms with Crippen molar-refractivity contribution in [3.05, 3.63) is 150 Å². The third-order valence-corrected chi connectivity index (χ3v) is 10.5. The van der Waals surface area contributed by atoms with Crippen LogP contribution in [0.3, 0.4) is 0 Å². The van der Waals surface area contributed by atoms with E-state index in [9.17, 15) is 0 Å². The molecule has 0 radical (unpaired) electrons. The molecule has 6 aromatic rings. The first kappa shape index (κ1) is 24.2. The molecule has 4 aliphatic rings. The van der Waals surface area contributed by atoms with Gasteiger partial charge in [-0.1, -0.05) is 56.3 Å². The lowest BCUT2D eigenvalue weighted by Gasteiger charge is -2.35. The molecule has 0 amide bonds. The average Bonchev–Trinajstić information content (AvgIpc) is 3.29. The summed E-state index contributed by atoms with van der Waals surface area (Å²) in [6, 6.07) is 43.1. The Balaban J connectivity index is 1.32. The number of aromatic nitrogens is 2. The van der Waals surface area contributed by atoms with E-state index in [4.69, 9.17) is 0 Å². The van der Waals surface area contributed by atoms with Crippen LogP contribution in [0.25, 0.3) is 44.9 Å². The van der Waals surface area contributed by atoms with Gasteiger partial charge in [-0.05, 0) is 70.8 Å². The second-order valence-electron chi connectivity index (χ2n) is 13.0. The molecule has 10 rings (SSSR count). The molecule has 0 saturated carbocycles. The molecular weight excluding hydrogens is 534 g/mol. The van der Waals surface area contributed by atoms with Gasteiger partial charge in [0, 0.05) is 46.5 Å². The van der Waals surface area contributed by atoms with Gasteiger partial charge in [-0.15, -0.1) is 0 Å². The number of anilines is 3. The van der Waals surface area contributed by atoms with Crippen molar-refractivity contribution < 1.29 is 9.13 Å². The molecule has 44 heavy (non-hydrogen) atoms. The largest absolute Gasteiger partial charge is 0.310 e. The molecule has 3 nitrogen and oxygen atoms in total. The van der Waals surface area contributed by atoms with E-state index in [0.29, 0.717) is 0 Å². The smallest absolute Gasteiger partial charge is 0.218 e. The summed E-state index contributed by atoms with van der Waals surface area (Å²) >= 11 is 0. The number of pyridine rings is 2. The molecule has 2 aromatic heterocycles. The highest BCUT2D eigenvalue weighted by Crippen LogP contribution is 2.54. The predicted molar refractivity (Wildman–Crippen MR) is 177 cm³/mol. The van der Waals surface area contributed by atoms with Gasteiger partial charge in [-0.25, -0.2) is 0 Å². The number of rotatable bonds is 1. The predicted octanol–water partition coefficient (Wildman–Crippen LogP) is 8.62. The van der Waals surface area contributed by atoms with Gasteiger partial charge in [-0.3, -0.25) is 0 Å². The highest BCUT2D eigenvalue weighted by Gasteiger charge is 2.42. The van der Waals surface area contributed by atoms with E-state index in [2.05, 4.69) is 156 Å². The lowest BCUT2D eigenvalue weighted by Crippen LogP contribution is -2.45. The first-order chi connectivity index (χ1) is 21.6. The van der Waals surface area contributed by atoms with Crippen molar-refractivity contribution in [1.82, 2.24) is 0 Å². The Morgan fingerprint density at radius 2 is 1.34 bits per heavy atom. The average molecular weight is 566 g/mol. The fourth-order valence-electron chi connectivity index (χ4n) is 8.45. The van der Waals surface area contributed by atoms with Crippen LogP contribution in [0.4, 0.5) is 17.1 Å². The van der Waals surface area contributed by atoms with Crippen LogP contribution in [0.5, 0.6) is 0 Å². The zero-order valence-corrected chi connectivity index (χ0v) is 24.9. The summed E-state index contributed by atoms with van der Waals surface area (Å²) in [7, 11) is 0. The first-order valence-electron chi connectivity index (χ1n) is 15.6. The van der Waals surface area contributed by atoms with Gasteiger partial charge in [0.15, 0.2) is 18.9 Å². The zero-order valence-electron chi connectivity index (χ0n) is 24.9. The lowest BCUT2D eigenvalue weighted by molar-refractivity contribution is -0.675. The van der Waals surface area contributed by atoms with E-state index in [0.717, 1.165) is 13.0 Å². The molecule has 0 fully saturated rings. The van der Waals surface area contributed by atoms with E-state index >= 15 is 0 Å². The summed E-state index contributed by atoms with van der Waals surface area (Å²) in [5.74, 6) is 0. The summed E-state index contributed by atoms with van der Waals surface area (Å²) in [6.07, 6.45) is 5.37. The molecule has 1 aliphatic carbocycles. The van der Waals surface area contributed by atoms with E-state index < -0.39 is 0 Å². The number of fused-ring (bicyclic) bond motifs is 5. The van der Waals surface area contributed by atoms with Gasteiger partial charge in [0.2, 0.25) is 17.1 Å². The third kappa shape index (κ3) is 3.01. The molecule has 0 spiro atoms.